The Kier molecular flexibility index (Phi) is 3.08. The highest BCUT2D eigenvalue weighted by atomic mass is 79.9. The number of carbonyl (C=O) groups is 1. The third kappa shape index (κ3) is 2.60. The maximum absolute atomic E-state index is 11.6. The summed E-state index contributed by atoms with van der Waals surface area (Å²) in [6.07, 6.45) is 4.58. The van der Waals surface area contributed by atoms with Crippen LogP contribution >= 0.6 is 27.3 Å². The summed E-state index contributed by atoms with van der Waals surface area (Å²) in [7, 11) is 0. The maximum atomic E-state index is 11.6. The van der Waals surface area contributed by atoms with E-state index in [1.165, 1.54) is 23.7 Å². The normalized spacial score (nSPS) is 9.93. The summed E-state index contributed by atoms with van der Waals surface area (Å²) in [5.41, 5.74) is 0. The minimum Gasteiger partial charge on any atom is -0.305 e. The number of thiophene rings is 1. The van der Waals surface area contributed by atoms with Gasteiger partial charge in [0.05, 0.1) is 14.9 Å². The highest BCUT2D eigenvalue weighted by molar-refractivity contribution is 9.11. The quantitative estimate of drug-likeness (QED) is 0.922. The smallest absolute Gasteiger partial charge is 0.266 e. The molecular weight excluding hydrogens is 278 g/mol. The van der Waals surface area contributed by atoms with Gasteiger partial charge < -0.3 is 5.32 Å². The molecule has 6 heteroatoms. The Hall–Kier alpha value is -1.27. The Labute approximate surface area is 98.5 Å². The topological polar surface area (TPSA) is 54.9 Å². The number of rotatable bonds is 2. The largest absolute Gasteiger partial charge is 0.305 e. The second-order valence-corrected chi connectivity index (χ2v) is 5.11. The number of nitrogens with one attached hydrogen (secondary N) is 1. The fourth-order valence-corrected chi connectivity index (χ4v) is 2.26. The van der Waals surface area contributed by atoms with Gasteiger partial charge in [0.15, 0.2) is 5.82 Å². The molecule has 2 heterocycles. The zero-order valence-corrected chi connectivity index (χ0v) is 9.88. The molecule has 0 aliphatic rings. The second-order valence-electron chi connectivity index (χ2n) is 2.65. The summed E-state index contributed by atoms with van der Waals surface area (Å²) < 4.78 is 0.923. The van der Waals surface area contributed by atoms with Crippen molar-refractivity contribution in [2.45, 2.75) is 0 Å². The van der Waals surface area contributed by atoms with E-state index in [0.717, 1.165) is 3.79 Å². The molecule has 0 saturated heterocycles. The zero-order chi connectivity index (χ0) is 10.7. The van der Waals surface area contributed by atoms with E-state index < -0.39 is 0 Å². The van der Waals surface area contributed by atoms with Crippen molar-refractivity contribution in [2.24, 2.45) is 0 Å². The van der Waals surface area contributed by atoms with Crippen molar-refractivity contribution in [3.8, 4) is 0 Å². The van der Waals surface area contributed by atoms with E-state index >= 15 is 0 Å². The highest BCUT2D eigenvalue weighted by Gasteiger charge is 2.08. The Bertz CT molecular complexity index is 471. The SMILES string of the molecule is O=C(Nc1cnccn1)c1ccc(Br)s1. The fourth-order valence-electron chi connectivity index (χ4n) is 0.978. The van der Waals surface area contributed by atoms with Crippen LogP contribution in [0.5, 0.6) is 0 Å². The average molecular weight is 284 g/mol. The van der Waals surface area contributed by atoms with Gasteiger partial charge in [-0.25, -0.2) is 4.98 Å². The molecule has 0 bridgehead atoms. The summed E-state index contributed by atoms with van der Waals surface area (Å²) in [6.45, 7) is 0. The Morgan fingerprint density at radius 1 is 1.40 bits per heavy atom. The van der Waals surface area contributed by atoms with Gasteiger partial charge in [-0.2, -0.15) is 0 Å². The van der Waals surface area contributed by atoms with E-state index in [0.29, 0.717) is 10.7 Å². The molecule has 0 atom stereocenters. The van der Waals surface area contributed by atoms with Crippen molar-refractivity contribution in [3.63, 3.8) is 0 Å². The number of hydrogen-bond acceptors (Lipinski definition) is 4. The molecule has 0 aliphatic carbocycles. The molecule has 76 valence electrons. The van der Waals surface area contributed by atoms with Crippen molar-refractivity contribution >= 4 is 39.0 Å². The second kappa shape index (κ2) is 4.50. The molecule has 0 aromatic carbocycles. The van der Waals surface area contributed by atoms with Crippen LogP contribution in [0.25, 0.3) is 0 Å². The molecule has 0 unspecified atom stereocenters. The molecule has 2 aromatic heterocycles. The van der Waals surface area contributed by atoms with Gasteiger partial charge >= 0.3 is 0 Å². The molecule has 15 heavy (non-hydrogen) atoms. The first-order chi connectivity index (χ1) is 7.25. The predicted molar refractivity (Wildman–Crippen MR) is 62.0 cm³/mol. The number of hydrogen-bond donors (Lipinski definition) is 1. The molecule has 0 radical (unpaired) electrons. The van der Waals surface area contributed by atoms with Crippen molar-refractivity contribution in [3.05, 3.63) is 39.4 Å². The van der Waals surface area contributed by atoms with Crippen molar-refractivity contribution in [1.29, 1.82) is 0 Å². The molecule has 2 rings (SSSR count). The van der Waals surface area contributed by atoms with Crippen LogP contribution in [0, 0.1) is 0 Å². The first-order valence-electron chi connectivity index (χ1n) is 4.08. The van der Waals surface area contributed by atoms with Crippen LogP contribution in [0.1, 0.15) is 9.67 Å². The minimum atomic E-state index is -0.175. The predicted octanol–water partition coefficient (Wildman–Crippen LogP) is 2.55. The number of halogens is 1. The number of aromatic nitrogens is 2. The number of anilines is 1. The lowest BCUT2D eigenvalue weighted by molar-refractivity contribution is 0.103. The first-order valence-corrected chi connectivity index (χ1v) is 5.69. The van der Waals surface area contributed by atoms with Crippen LogP contribution in [0.3, 0.4) is 0 Å². The Morgan fingerprint density at radius 2 is 2.27 bits per heavy atom. The lowest BCUT2D eigenvalue weighted by Crippen LogP contribution is -2.11. The Balaban J connectivity index is 2.11. The molecule has 0 saturated carbocycles. The monoisotopic (exact) mass is 283 g/mol. The van der Waals surface area contributed by atoms with Gasteiger partial charge in [-0.1, -0.05) is 0 Å². The van der Waals surface area contributed by atoms with E-state index in [4.69, 9.17) is 0 Å². The first kappa shape index (κ1) is 10.3. The zero-order valence-electron chi connectivity index (χ0n) is 7.48. The molecule has 0 spiro atoms. The van der Waals surface area contributed by atoms with Gasteiger partial charge in [0.1, 0.15) is 0 Å². The van der Waals surface area contributed by atoms with Crippen molar-refractivity contribution < 1.29 is 4.79 Å². The molecule has 1 amide bonds. The van der Waals surface area contributed by atoms with E-state index in [9.17, 15) is 4.79 Å². The molecular formula is C9H6BrN3OS. The molecule has 4 nitrogen and oxygen atoms in total. The van der Waals surface area contributed by atoms with Gasteiger partial charge in [0.2, 0.25) is 0 Å². The van der Waals surface area contributed by atoms with Crippen LogP contribution in [0.2, 0.25) is 0 Å². The average Bonchev–Trinajstić information content (AvgIpc) is 2.66. The van der Waals surface area contributed by atoms with Crippen molar-refractivity contribution in [2.75, 3.05) is 5.32 Å². The minimum absolute atomic E-state index is 0.175. The Morgan fingerprint density at radius 3 is 2.87 bits per heavy atom. The molecule has 1 N–H and O–H groups in total. The lowest BCUT2D eigenvalue weighted by Gasteiger charge is -2.00. The van der Waals surface area contributed by atoms with Crippen LogP contribution < -0.4 is 5.32 Å². The lowest BCUT2D eigenvalue weighted by atomic mass is 10.4. The number of amides is 1. The molecule has 0 aliphatic heterocycles. The highest BCUT2D eigenvalue weighted by Crippen LogP contribution is 2.22. The van der Waals surface area contributed by atoms with Gasteiger partial charge in [-0.15, -0.1) is 11.3 Å². The van der Waals surface area contributed by atoms with Gasteiger partial charge in [0.25, 0.3) is 5.91 Å². The van der Waals surface area contributed by atoms with E-state index in [2.05, 4.69) is 31.2 Å². The van der Waals surface area contributed by atoms with Crippen LogP contribution in [0.4, 0.5) is 5.82 Å². The summed E-state index contributed by atoms with van der Waals surface area (Å²) in [5.74, 6) is 0.276. The third-order valence-corrected chi connectivity index (χ3v) is 3.22. The fraction of sp³-hybridized carbons (Fsp3) is 0. The summed E-state index contributed by atoms with van der Waals surface area (Å²) in [5, 5.41) is 2.65. The maximum Gasteiger partial charge on any atom is 0.266 e. The van der Waals surface area contributed by atoms with E-state index in [1.54, 1.807) is 12.3 Å². The van der Waals surface area contributed by atoms with E-state index in [1.807, 2.05) is 6.07 Å². The number of carbonyl (C=O) groups excluding carboxylic acids is 1. The van der Waals surface area contributed by atoms with E-state index in [-0.39, 0.29) is 5.91 Å². The third-order valence-electron chi connectivity index (χ3n) is 1.60. The molecule has 2 aromatic rings. The van der Waals surface area contributed by atoms with Crippen LogP contribution in [0.15, 0.2) is 34.5 Å². The van der Waals surface area contributed by atoms with Gasteiger partial charge in [-0.3, -0.25) is 9.78 Å². The van der Waals surface area contributed by atoms with Crippen molar-refractivity contribution in [1.82, 2.24) is 9.97 Å². The van der Waals surface area contributed by atoms with Gasteiger partial charge in [0, 0.05) is 12.4 Å². The summed E-state index contributed by atoms with van der Waals surface area (Å²) in [6, 6.07) is 3.58. The van der Waals surface area contributed by atoms with Gasteiger partial charge in [-0.05, 0) is 28.1 Å². The summed E-state index contributed by atoms with van der Waals surface area (Å²) in [4.78, 5) is 20.1. The summed E-state index contributed by atoms with van der Waals surface area (Å²) >= 11 is 4.67. The van der Waals surface area contributed by atoms with Crippen LogP contribution in [-0.4, -0.2) is 15.9 Å². The van der Waals surface area contributed by atoms with Crippen LogP contribution in [-0.2, 0) is 0 Å². The standard InChI is InChI=1S/C9H6BrN3OS/c10-7-2-1-6(15-7)9(14)13-8-5-11-3-4-12-8/h1-5H,(H,12,13,14). The number of nitrogens with zero attached hydrogens (tertiary/aromatic N) is 2. The molecule has 0 fully saturated rings.